The van der Waals surface area contributed by atoms with E-state index in [1.54, 1.807) is 0 Å². The standard InChI is InChI=1S/C15H29N3O/c1-2-10-17-12-6-8-13(9-7-12)18-11-4-3-5-14(18)15(16)19/h12-14,17H,2-11H2,1H3,(H2,16,19). The minimum absolute atomic E-state index is 0.00102. The van der Waals surface area contributed by atoms with E-state index in [9.17, 15) is 4.79 Å². The molecule has 1 aliphatic heterocycles. The number of primary amides is 1. The first-order chi connectivity index (χ1) is 9.22. The van der Waals surface area contributed by atoms with Crippen LogP contribution in [-0.4, -0.2) is 42.0 Å². The summed E-state index contributed by atoms with van der Waals surface area (Å²) < 4.78 is 0. The average molecular weight is 267 g/mol. The van der Waals surface area contributed by atoms with Crippen molar-refractivity contribution in [1.29, 1.82) is 0 Å². The summed E-state index contributed by atoms with van der Waals surface area (Å²) in [5, 5.41) is 3.62. The van der Waals surface area contributed by atoms with Gasteiger partial charge in [0.05, 0.1) is 6.04 Å². The summed E-state index contributed by atoms with van der Waals surface area (Å²) in [5.74, 6) is -0.120. The quantitative estimate of drug-likeness (QED) is 0.796. The van der Waals surface area contributed by atoms with Crippen LogP contribution in [0.5, 0.6) is 0 Å². The van der Waals surface area contributed by atoms with Crippen molar-refractivity contribution >= 4 is 5.91 Å². The van der Waals surface area contributed by atoms with Gasteiger partial charge in [-0.25, -0.2) is 0 Å². The van der Waals surface area contributed by atoms with Gasteiger partial charge in [0.25, 0.3) is 0 Å². The van der Waals surface area contributed by atoms with Crippen molar-refractivity contribution in [1.82, 2.24) is 10.2 Å². The number of likely N-dealkylation sites (tertiary alicyclic amines) is 1. The average Bonchev–Trinajstić information content (AvgIpc) is 2.45. The molecule has 1 amide bonds. The second kappa shape index (κ2) is 7.25. The smallest absolute Gasteiger partial charge is 0.234 e. The number of hydrogen-bond acceptors (Lipinski definition) is 3. The van der Waals surface area contributed by atoms with Crippen LogP contribution in [0.2, 0.25) is 0 Å². The Bertz CT molecular complexity index is 287. The zero-order chi connectivity index (χ0) is 13.7. The van der Waals surface area contributed by atoms with Crippen LogP contribution in [0.3, 0.4) is 0 Å². The first kappa shape index (κ1) is 14.8. The van der Waals surface area contributed by atoms with Crippen molar-refractivity contribution in [3.8, 4) is 0 Å². The highest BCUT2D eigenvalue weighted by Gasteiger charge is 2.34. The summed E-state index contributed by atoms with van der Waals surface area (Å²) >= 11 is 0. The molecule has 110 valence electrons. The van der Waals surface area contributed by atoms with Crippen molar-refractivity contribution in [2.45, 2.75) is 76.4 Å². The fourth-order valence-electron chi connectivity index (χ4n) is 3.66. The van der Waals surface area contributed by atoms with Gasteiger partial charge in [0.2, 0.25) is 5.91 Å². The molecular weight excluding hydrogens is 238 g/mol. The van der Waals surface area contributed by atoms with Gasteiger partial charge >= 0.3 is 0 Å². The van der Waals surface area contributed by atoms with E-state index in [4.69, 9.17) is 5.73 Å². The Hall–Kier alpha value is -0.610. The number of hydrogen-bond donors (Lipinski definition) is 2. The number of piperidine rings is 1. The zero-order valence-electron chi connectivity index (χ0n) is 12.2. The number of carbonyl (C=O) groups excluding carboxylic acids is 1. The Morgan fingerprint density at radius 2 is 1.95 bits per heavy atom. The highest BCUT2D eigenvalue weighted by Crippen LogP contribution is 2.28. The van der Waals surface area contributed by atoms with Crippen LogP contribution in [-0.2, 0) is 4.79 Å². The van der Waals surface area contributed by atoms with Crippen LogP contribution in [0, 0.1) is 0 Å². The van der Waals surface area contributed by atoms with Gasteiger partial charge in [-0.3, -0.25) is 9.69 Å². The molecule has 2 fully saturated rings. The van der Waals surface area contributed by atoms with Crippen LogP contribution in [0.25, 0.3) is 0 Å². The Morgan fingerprint density at radius 3 is 2.58 bits per heavy atom. The van der Waals surface area contributed by atoms with E-state index in [1.165, 1.54) is 38.5 Å². The Labute approximate surface area is 117 Å². The van der Waals surface area contributed by atoms with Crippen LogP contribution in [0.15, 0.2) is 0 Å². The van der Waals surface area contributed by atoms with Gasteiger partial charge in [-0.2, -0.15) is 0 Å². The van der Waals surface area contributed by atoms with Crippen LogP contribution >= 0.6 is 0 Å². The van der Waals surface area contributed by atoms with Crippen LogP contribution in [0.4, 0.5) is 0 Å². The number of carbonyl (C=O) groups is 1. The van der Waals surface area contributed by atoms with E-state index in [-0.39, 0.29) is 11.9 Å². The topological polar surface area (TPSA) is 58.4 Å². The van der Waals surface area contributed by atoms with Gasteiger partial charge < -0.3 is 11.1 Å². The van der Waals surface area contributed by atoms with E-state index >= 15 is 0 Å². The predicted molar refractivity (Wildman–Crippen MR) is 77.9 cm³/mol. The van der Waals surface area contributed by atoms with Crippen molar-refractivity contribution < 1.29 is 4.79 Å². The molecule has 2 aliphatic rings. The maximum Gasteiger partial charge on any atom is 0.234 e. The zero-order valence-corrected chi connectivity index (χ0v) is 12.2. The highest BCUT2D eigenvalue weighted by molar-refractivity contribution is 5.80. The Morgan fingerprint density at radius 1 is 1.21 bits per heavy atom. The Kier molecular flexibility index (Phi) is 5.64. The summed E-state index contributed by atoms with van der Waals surface area (Å²) in [5.41, 5.74) is 5.56. The van der Waals surface area contributed by atoms with E-state index in [1.807, 2.05) is 0 Å². The monoisotopic (exact) mass is 267 g/mol. The summed E-state index contributed by atoms with van der Waals surface area (Å²) in [6.45, 7) is 4.40. The van der Waals surface area contributed by atoms with Gasteiger partial charge in [0.15, 0.2) is 0 Å². The van der Waals surface area contributed by atoms with Gasteiger partial charge in [-0.05, 0) is 58.0 Å². The number of nitrogens with two attached hydrogens (primary N) is 1. The van der Waals surface area contributed by atoms with E-state index in [0.29, 0.717) is 12.1 Å². The SMILES string of the molecule is CCCNC1CCC(N2CCCCC2C(N)=O)CC1. The third-order valence-electron chi connectivity index (χ3n) is 4.72. The molecule has 4 heteroatoms. The molecule has 1 saturated heterocycles. The van der Waals surface area contributed by atoms with Crippen LogP contribution in [0.1, 0.15) is 58.3 Å². The lowest BCUT2D eigenvalue weighted by atomic mass is 9.87. The molecule has 0 radical (unpaired) electrons. The molecule has 1 unspecified atom stereocenters. The molecular formula is C15H29N3O. The van der Waals surface area contributed by atoms with E-state index in [2.05, 4.69) is 17.1 Å². The first-order valence-corrected chi connectivity index (χ1v) is 8.00. The lowest BCUT2D eigenvalue weighted by molar-refractivity contribution is -0.125. The first-order valence-electron chi connectivity index (χ1n) is 8.00. The largest absolute Gasteiger partial charge is 0.368 e. The predicted octanol–water partition coefficient (Wildman–Crippen LogP) is 1.64. The lowest BCUT2D eigenvalue weighted by Gasteiger charge is -2.42. The van der Waals surface area contributed by atoms with E-state index in [0.717, 1.165) is 25.9 Å². The maximum atomic E-state index is 11.6. The Balaban J connectivity index is 1.83. The minimum Gasteiger partial charge on any atom is -0.368 e. The molecule has 0 spiro atoms. The molecule has 4 nitrogen and oxygen atoms in total. The van der Waals surface area contributed by atoms with Gasteiger partial charge in [-0.15, -0.1) is 0 Å². The molecule has 1 heterocycles. The number of rotatable bonds is 5. The summed E-state index contributed by atoms with van der Waals surface area (Å²) in [6, 6.07) is 1.27. The molecule has 1 saturated carbocycles. The minimum atomic E-state index is -0.120. The van der Waals surface area contributed by atoms with Gasteiger partial charge in [0, 0.05) is 12.1 Å². The third-order valence-corrected chi connectivity index (χ3v) is 4.72. The molecule has 0 aromatic heterocycles. The maximum absolute atomic E-state index is 11.6. The third kappa shape index (κ3) is 3.93. The molecule has 1 atom stereocenters. The summed E-state index contributed by atoms with van der Waals surface area (Å²) in [6.07, 6.45) is 9.45. The number of amides is 1. The fraction of sp³-hybridized carbons (Fsp3) is 0.933. The molecule has 3 N–H and O–H groups in total. The fourth-order valence-corrected chi connectivity index (χ4v) is 3.66. The van der Waals surface area contributed by atoms with Gasteiger partial charge in [0.1, 0.15) is 0 Å². The second-order valence-corrected chi connectivity index (χ2v) is 6.11. The number of nitrogens with zero attached hydrogens (tertiary/aromatic N) is 1. The molecule has 0 aromatic carbocycles. The summed E-state index contributed by atoms with van der Waals surface area (Å²) in [7, 11) is 0. The highest BCUT2D eigenvalue weighted by atomic mass is 16.1. The van der Waals surface area contributed by atoms with Crippen molar-refractivity contribution in [2.24, 2.45) is 5.73 Å². The molecule has 19 heavy (non-hydrogen) atoms. The summed E-state index contributed by atoms with van der Waals surface area (Å²) in [4.78, 5) is 14.0. The second-order valence-electron chi connectivity index (χ2n) is 6.11. The van der Waals surface area contributed by atoms with Crippen molar-refractivity contribution in [2.75, 3.05) is 13.1 Å². The van der Waals surface area contributed by atoms with Gasteiger partial charge in [-0.1, -0.05) is 13.3 Å². The normalized spacial score (nSPS) is 33.2. The molecule has 1 aliphatic carbocycles. The molecule has 0 aromatic rings. The van der Waals surface area contributed by atoms with Crippen LogP contribution < -0.4 is 11.1 Å². The number of nitrogens with one attached hydrogen (secondary N) is 1. The lowest BCUT2D eigenvalue weighted by Crippen LogP contribution is -2.53. The molecule has 0 bridgehead atoms. The van der Waals surface area contributed by atoms with Crippen molar-refractivity contribution in [3.63, 3.8) is 0 Å². The van der Waals surface area contributed by atoms with Crippen molar-refractivity contribution in [3.05, 3.63) is 0 Å². The molecule has 2 rings (SSSR count). The van der Waals surface area contributed by atoms with E-state index < -0.39 is 0 Å².